The van der Waals surface area contributed by atoms with Gasteiger partial charge in [-0.25, -0.2) is 18.6 Å². The number of benzene rings is 3. The number of ether oxygens (including phenoxy) is 3. The van der Waals surface area contributed by atoms with Crippen molar-refractivity contribution in [2.75, 3.05) is 13.2 Å². The predicted octanol–water partition coefficient (Wildman–Crippen LogP) is 5.68. The lowest BCUT2D eigenvalue weighted by molar-refractivity contribution is -0.0593. The first-order valence-electron chi connectivity index (χ1n) is 14.6. The molecule has 0 radical (unpaired) electrons. The van der Waals surface area contributed by atoms with Crippen LogP contribution in [0.2, 0.25) is 0 Å². The van der Waals surface area contributed by atoms with Crippen molar-refractivity contribution in [2.24, 2.45) is 0 Å². The largest absolute Gasteiger partial charge is 0.490 e. The number of nitriles is 1. The highest BCUT2D eigenvalue weighted by Gasteiger charge is 2.30. The highest BCUT2D eigenvalue weighted by Crippen LogP contribution is 2.29. The molecule has 6 rings (SSSR count). The first-order chi connectivity index (χ1) is 21.3. The third-order valence-electron chi connectivity index (χ3n) is 8.28. The summed E-state index contributed by atoms with van der Waals surface area (Å²) in [6.07, 6.45) is 2.39. The van der Waals surface area contributed by atoms with Gasteiger partial charge in [0.05, 0.1) is 41.9 Å². The zero-order valence-corrected chi connectivity index (χ0v) is 24.2. The summed E-state index contributed by atoms with van der Waals surface area (Å²) < 4.78 is 48.6. The van der Waals surface area contributed by atoms with Crippen LogP contribution in [0.25, 0.3) is 11.0 Å². The molecule has 2 fully saturated rings. The van der Waals surface area contributed by atoms with E-state index in [2.05, 4.69) is 16.8 Å². The highest BCUT2D eigenvalue weighted by atomic mass is 19.1. The van der Waals surface area contributed by atoms with E-state index in [1.807, 2.05) is 34.9 Å². The number of carboxylic acids is 1. The van der Waals surface area contributed by atoms with Crippen LogP contribution in [-0.2, 0) is 24.4 Å². The van der Waals surface area contributed by atoms with Gasteiger partial charge in [-0.05, 0) is 74.2 Å². The summed E-state index contributed by atoms with van der Waals surface area (Å²) in [4.78, 5) is 18.5. The van der Waals surface area contributed by atoms with E-state index in [4.69, 9.17) is 19.5 Å². The molecular weight excluding hydrogens is 570 g/mol. The summed E-state index contributed by atoms with van der Waals surface area (Å²) in [6.45, 7) is 4.65. The van der Waals surface area contributed by atoms with Crippen molar-refractivity contribution in [3.63, 3.8) is 0 Å². The van der Waals surface area contributed by atoms with Crippen molar-refractivity contribution in [3.8, 4) is 17.6 Å². The van der Waals surface area contributed by atoms with Gasteiger partial charge >= 0.3 is 5.97 Å². The molecule has 0 aliphatic carbocycles. The number of hydrogen-bond acceptors (Lipinski definition) is 7. The fraction of sp³-hybridized carbons (Fsp3) is 0.364. The molecule has 3 heterocycles. The predicted molar refractivity (Wildman–Crippen MR) is 156 cm³/mol. The first kappa shape index (κ1) is 29.5. The molecule has 1 aromatic heterocycles. The van der Waals surface area contributed by atoms with Gasteiger partial charge in [-0.2, -0.15) is 5.26 Å². The lowest BCUT2D eigenvalue weighted by atomic mass is 10.0. The molecule has 2 aliphatic heterocycles. The van der Waals surface area contributed by atoms with Crippen LogP contribution >= 0.6 is 0 Å². The van der Waals surface area contributed by atoms with Crippen molar-refractivity contribution < 1.29 is 32.9 Å². The number of carbonyl (C=O) groups is 1. The normalized spacial score (nSPS) is 20.2. The first-order valence-corrected chi connectivity index (χ1v) is 14.6. The minimum atomic E-state index is -1.19. The van der Waals surface area contributed by atoms with Crippen LogP contribution in [0.4, 0.5) is 8.78 Å². The van der Waals surface area contributed by atoms with E-state index < -0.39 is 17.6 Å². The van der Waals surface area contributed by atoms with Gasteiger partial charge in [0.2, 0.25) is 0 Å². The van der Waals surface area contributed by atoms with Gasteiger partial charge in [0.15, 0.2) is 17.4 Å². The second-order valence-corrected chi connectivity index (χ2v) is 11.3. The van der Waals surface area contributed by atoms with Crippen molar-refractivity contribution in [1.29, 1.82) is 5.26 Å². The summed E-state index contributed by atoms with van der Waals surface area (Å²) in [7, 11) is 0. The Morgan fingerprint density at radius 3 is 2.70 bits per heavy atom. The van der Waals surface area contributed by atoms with E-state index in [0.29, 0.717) is 36.8 Å². The Kier molecular flexibility index (Phi) is 8.46. The summed E-state index contributed by atoms with van der Waals surface area (Å²) in [6, 6.07) is 16.2. The molecule has 3 aromatic carbocycles. The molecule has 3 atom stereocenters. The van der Waals surface area contributed by atoms with Crippen LogP contribution in [0.1, 0.15) is 53.5 Å². The summed E-state index contributed by atoms with van der Waals surface area (Å²) in [5.74, 6) is -0.966. The number of imidazole rings is 1. The SMILES string of the molecule is C[C@H]1C[C@@H](Oc2cccc(COc3ccc(C#N)cc3F)c2)CCN1Cc1nc2c(F)cc(C(=O)O)cc2n1C[C@@H]1CCO1. The number of rotatable bonds is 10. The molecule has 228 valence electrons. The second-order valence-electron chi connectivity index (χ2n) is 11.3. The van der Waals surface area contributed by atoms with Gasteiger partial charge in [0.1, 0.15) is 29.8 Å². The van der Waals surface area contributed by atoms with Crippen LogP contribution < -0.4 is 9.47 Å². The zero-order valence-electron chi connectivity index (χ0n) is 24.2. The van der Waals surface area contributed by atoms with E-state index in [1.54, 1.807) is 0 Å². The molecule has 0 saturated carbocycles. The smallest absolute Gasteiger partial charge is 0.335 e. The Morgan fingerprint density at radius 1 is 1.16 bits per heavy atom. The summed E-state index contributed by atoms with van der Waals surface area (Å²) in [5, 5.41) is 18.4. The number of fused-ring (bicyclic) bond motifs is 1. The van der Waals surface area contributed by atoms with E-state index in [1.165, 1.54) is 18.2 Å². The van der Waals surface area contributed by atoms with Gasteiger partial charge in [-0.15, -0.1) is 0 Å². The zero-order chi connectivity index (χ0) is 30.8. The number of piperidine rings is 1. The maximum absolute atomic E-state index is 14.9. The summed E-state index contributed by atoms with van der Waals surface area (Å²) >= 11 is 0. The Labute approximate surface area is 253 Å². The Hall–Kier alpha value is -4.53. The van der Waals surface area contributed by atoms with Crippen molar-refractivity contribution in [1.82, 2.24) is 14.5 Å². The monoisotopic (exact) mass is 602 g/mol. The topological polar surface area (TPSA) is 110 Å². The second kappa shape index (κ2) is 12.6. The fourth-order valence-corrected chi connectivity index (χ4v) is 5.76. The van der Waals surface area contributed by atoms with Crippen LogP contribution in [0, 0.1) is 23.0 Å². The minimum Gasteiger partial charge on any atom is -0.490 e. The molecule has 2 aliphatic rings. The average Bonchev–Trinajstić information content (AvgIpc) is 3.33. The molecule has 44 heavy (non-hydrogen) atoms. The lowest BCUT2D eigenvalue weighted by Gasteiger charge is -2.37. The maximum Gasteiger partial charge on any atom is 0.335 e. The lowest BCUT2D eigenvalue weighted by Crippen LogP contribution is -2.44. The molecule has 4 aromatic rings. The number of nitrogens with zero attached hydrogens (tertiary/aromatic N) is 4. The molecule has 9 nitrogen and oxygen atoms in total. The van der Waals surface area contributed by atoms with Crippen molar-refractivity contribution in [3.05, 3.63) is 88.7 Å². The van der Waals surface area contributed by atoms with E-state index >= 15 is 0 Å². The van der Waals surface area contributed by atoms with Crippen molar-refractivity contribution in [2.45, 2.75) is 64.1 Å². The van der Waals surface area contributed by atoms with Gasteiger partial charge in [-0.3, -0.25) is 4.90 Å². The molecule has 2 saturated heterocycles. The molecule has 0 spiro atoms. The molecule has 1 N–H and O–H groups in total. The fourth-order valence-electron chi connectivity index (χ4n) is 5.76. The Morgan fingerprint density at radius 2 is 2.00 bits per heavy atom. The van der Waals surface area contributed by atoms with Gasteiger partial charge in [-0.1, -0.05) is 12.1 Å². The van der Waals surface area contributed by atoms with Gasteiger partial charge < -0.3 is 23.9 Å². The van der Waals surface area contributed by atoms with Gasteiger partial charge in [0, 0.05) is 19.2 Å². The third kappa shape index (κ3) is 6.37. The molecular formula is C33H32F2N4O5. The van der Waals surface area contributed by atoms with Crippen molar-refractivity contribution >= 4 is 17.0 Å². The number of halogens is 2. The van der Waals surface area contributed by atoms with E-state index in [0.717, 1.165) is 43.5 Å². The molecule has 0 amide bonds. The number of hydrogen-bond donors (Lipinski definition) is 1. The quantitative estimate of drug-likeness (QED) is 0.247. The standard InChI is InChI=1S/C33H32F2N4O5/c1-20-11-25(44-24-4-2-3-22(12-24)19-43-30-6-5-21(16-36)13-27(30)34)7-9-38(20)18-31-37-32-28(35)14-23(33(40)41)15-29(32)39(31)17-26-8-10-42-26/h2-6,12-15,20,25-26H,7-11,17-19H2,1H3,(H,40,41)/t20-,25-,26-/m0/s1. The third-order valence-corrected chi connectivity index (χ3v) is 8.28. The van der Waals surface area contributed by atoms with Gasteiger partial charge in [0.25, 0.3) is 0 Å². The number of aromatic nitrogens is 2. The minimum absolute atomic E-state index is 0.0106. The number of carboxylic acid groups (broad SMARTS) is 1. The Balaban J connectivity index is 1.10. The van der Waals surface area contributed by atoms with E-state index in [-0.39, 0.29) is 47.2 Å². The van der Waals surface area contributed by atoms with E-state index in [9.17, 15) is 18.7 Å². The Bertz CT molecular complexity index is 1730. The molecule has 0 bridgehead atoms. The number of likely N-dealkylation sites (tertiary alicyclic amines) is 1. The maximum atomic E-state index is 14.9. The van der Waals surface area contributed by atoms with Crippen LogP contribution in [-0.4, -0.2) is 56.9 Å². The molecule has 0 unspecified atom stereocenters. The highest BCUT2D eigenvalue weighted by molar-refractivity contribution is 5.92. The van der Waals surface area contributed by atoms with Crippen LogP contribution in [0.15, 0.2) is 54.6 Å². The van der Waals surface area contributed by atoms with Crippen LogP contribution in [0.5, 0.6) is 11.5 Å². The molecule has 11 heteroatoms. The number of aromatic carboxylic acids is 1. The summed E-state index contributed by atoms with van der Waals surface area (Å²) in [5.41, 5.74) is 1.58. The van der Waals surface area contributed by atoms with Crippen LogP contribution in [0.3, 0.4) is 0 Å². The average molecular weight is 603 g/mol.